The van der Waals surface area contributed by atoms with E-state index in [4.69, 9.17) is 7.85 Å². The van der Waals surface area contributed by atoms with E-state index in [1.165, 1.54) is 6.34 Å². The fraction of sp³-hybridized carbons (Fsp3) is 0.333. The molecule has 0 amide bonds. The van der Waals surface area contributed by atoms with Gasteiger partial charge in [0, 0.05) is 5.71 Å². The molecule has 0 rings (SSSR count). The van der Waals surface area contributed by atoms with Crippen molar-refractivity contribution in [1.82, 2.24) is 0 Å². The summed E-state index contributed by atoms with van der Waals surface area (Å²) in [6, 6.07) is 0. The molecule has 9 heavy (non-hydrogen) atoms. The molecule has 0 aliphatic carbocycles. The van der Waals surface area contributed by atoms with Crippen LogP contribution in [0.15, 0.2) is 22.2 Å². The molecule has 0 aliphatic heterocycles. The molecule has 2 radical (unpaired) electrons. The standard InChI is InChI=1S/C6H9BN2/c1-5(2)8-4-9-6(3)7/h4H,3H2,1-2H3. The molecule has 3 heteroatoms. The van der Waals surface area contributed by atoms with Gasteiger partial charge in [-0.1, -0.05) is 6.58 Å². The van der Waals surface area contributed by atoms with Crippen LogP contribution in [0.1, 0.15) is 13.8 Å². The van der Waals surface area contributed by atoms with Gasteiger partial charge in [-0.25, -0.2) is 4.99 Å². The molecule has 0 saturated heterocycles. The molecular formula is C6H9BN2. The van der Waals surface area contributed by atoms with E-state index in [2.05, 4.69) is 16.6 Å². The van der Waals surface area contributed by atoms with Crippen LogP contribution >= 0.6 is 0 Å². The number of hydrogen-bond acceptors (Lipinski definition) is 1. The van der Waals surface area contributed by atoms with E-state index >= 15 is 0 Å². The van der Waals surface area contributed by atoms with Gasteiger partial charge < -0.3 is 0 Å². The first-order valence-corrected chi connectivity index (χ1v) is 2.61. The lowest BCUT2D eigenvalue weighted by Gasteiger charge is -1.83. The van der Waals surface area contributed by atoms with Gasteiger partial charge in [0.15, 0.2) is 0 Å². The molecule has 2 nitrogen and oxygen atoms in total. The molecule has 46 valence electrons. The zero-order valence-corrected chi connectivity index (χ0v) is 5.76. The van der Waals surface area contributed by atoms with Gasteiger partial charge in [0.05, 0.1) is 0 Å². The summed E-state index contributed by atoms with van der Waals surface area (Å²) in [6.07, 6.45) is 1.39. The summed E-state index contributed by atoms with van der Waals surface area (Å²) in [5, 5.41) is 0. The van der Waals surface area contributed by atoms with Crippen LogP contribution in [0.4, 0.5) is 0 Å². The number of nitrogens with zero attached hydrogens (tertiary/aromatic N) is 2. The minimum atomic E-state index is 0.278. The van der Waals surface area contributed by atoms with E-state index in [0.717, 1.165) is 5.71 Å². The maximum absolute atomic E-state index is 5.12. The van der Waals surface area contributed by atoms with Gasteiger partial charge in [-0.05, 0) is 19.4 Å². The molecule has 0 aromatic heterocycles. The van der Waals surface area contributed by atoms with Gasteiger partial charge in [0.2, 0.25) is 0 Å². The van der Waals surface area contributed by atoms with E-state index in [0.29, 0.717) is 0 Å². The third kappa shape index (κ3) is 7.14. The van der Waals surface area contributed by atoms with E-state index < -0.39 is 0 Å². The van der Waals surface area contributed by atoms with Crippen molar-refractivity contribution in [1.29, 1.82) is 0 Å². The summed E-state index contributed by atoms with van der Waals surface area (Å²) in [4.78, 5) is 7.48. The molecule has 0 bridgehead atoms. The van der Waals surface area contributed by atoms with E-state index in [9.17, 15) is 0 Å². The Hall–Kier alpha value is -0.855. The Bertz CT molecular complexity index is 154. The Morgan fingerprint density at radius 2 is 2.11 bits per heavy atom. The molecule has 0 aromatic carbocycles. The maximum atomic E-state index is 5.12. The predicted molar refractivity (Wildman–Crippen MR) is 42.2 cm³/mol. The van der Waals surface area contributed by atoms with E-state index in [1.54, 1.807) is 0 Å². The molecule has 0 fully saturated rings. The maximum Gasteiger partial charge on any atom is 0.140 e. The molecular weight excluding hydrogens is 111 g/mol. The Labute approximate surface area is 56.8 Å². The Balaban J connectivity index is 3.74. The second-order valence-electron chi connectivity index (χ2n) is 1.81. The van der Waals surface area contributed by atoms with Crippen LogP contribution in [0.2, 0.25) is 0 Å². The fourth-order valence-corrected chi connectivity index (χ4v) is 0.218. The number of aliphatic imine (C=N–C) groups is 2. The topological polar surface area (TPSA) is 24.7 Å². The van der Waals surface area contributed by atoms with Crippen molar-refractivity contribution in [2.75, 3.05) is 0 Å². The normalized spacial score (nSPS) is 9.56. The van der Waals surface area contributed by atoms with Gasteiger partial charge in [-0.15, -0.1) is 0 Å². The molecule has 0 saturated carbocycles. The fourth-order valence-electron chi connectivity index (χ4n) is 0.218. The highest BCUT2D eigenvalue weighted by Gasteiger charge is 1.72. The summed E-state index contributed by atoms with van der Waals surface area (Å²) in [5.41, 5.74) is 1.22. The lowest BCUT2D eigenvalue weighted by atomic mass is 10.1. The van der Waals surface area contributed by atoms with Crippen LogP contribution in [0, 0.1) is 0 Å². The molecule has 0 atom stereocenters. The lowest BCUT2D eigenvalue weighted by molar-refractivity contribution is 1.50. The zero-order valence-electron chi connectivity index (χ0n) is 5.76. The minimum absolute atomic E-state index is 0.278. The van der Waals surface area contributed by atoms with Crippen LogP contribution < -0.4 is 0 Å². The second kappa shape index (κ2) is 4.07. The molecule has 0 N–H and O–H groups in total. The third-order valence-electron chi connectivity index (χ3n) is 0.539. The summed E-state index contributed by atoms with van der Waals surface area (Å²) in [6.45, 7) is 7.12. The average Bonchev–Trinajstić information content (AvgIpc) is 1.63. The lowest BCUT2D eigenvalue weighted by Crippen LogP contribution is -1.80. The first kappa shape index (κ1) is 8.14. The van der Waals surface area contributed by atoms with Crippen molar-refractivity contribution >= 4 is 19.9 Å². The highest BCUT2D eigenvalue weighted by atomic mass is 14.8. The summed E-state index contributed by atoms with van der Waals surface area (Å²) < 4.78 is 0. The largest absolute Gasteiger partial charge is 0.254 e. The number of hydrogen-bond donors (Lipinski definition) is 0. The predicted octanol–water partition coefficient (Wildman–Crippen LogP) is 1.14. The molecule has 0 aromatic rings. The van der Waals surface area contributed by atoms with Crippen LogP contribution in [-0.2, 0) is 0 Å². The highest BCUT2D eigenvalue weighted by molar-refractivity contribution is 6.21. The summed E-state index contributed by atoms with van der Waals surface area (Å²) in [5.74, 6) is 0. The molecule has 0 unspecified atom stereocenters. The van der Waals surface area contributed by atoms with Crippen LogP contribution in [0.3, 0.4) is 0 Å². The van der Waals surface area contributed by atoms with E-state index in [1.807, 2.05) is 13.8 Å². The molecule has 0 heterocycles. The third-order valence-corrected chi connectivity index (χ3v) is 0.539. The smallest absolute Gasteiger partial charge is 0.140 e. The van der Waals surface area contributed by atoms with Crippen molar-refractivity contribution in [3.63, 3.8) is 0 Å². The Morgan fingerprint density at radius 1 is 1.56 bits per heavy atom. The van der Waals surface area contributed by atoms with Crippen molar-refractivity contribution in [2.24, 2.45) is 9.98 Å². The van der Waals surface area contributed by atoms with Crippen LogP contribution in [0.5, 0.6) is 0 Å². The quantitative estimate of drug-likeness (QED) is 0.296. The average molecular weight is 120 g/mol. The molecule has 0 aliphatic rings. The summed E-state index contributed by atoms with van der Waals surface area (Å²) >= 11 is 0. The monoisotopic (exact) mass is 120 g/mol. The first-order chi connectivity index (χ1) is 4.13. The van der Waals surface area contributed by atoms with Crippen molar-refractivity contribution in [3.05, 3.63) is 12.2 Å². The van der Waals surface area contributed by atoms with Crippen LogP contribution in [-0.4, -0.2) is 19.9 Å². The Morgan fingerprint density at radius 3 is 2.44 bits per heavy atom. The second-order valence-corrected chi connectivity index (χ2v) is 1.81. The van der Waals surface area contributed by atoms with Gasteiger partial charge in [0.1, 0.15) is 14.2 Å². The Kier molecular flexibility index (Phi) is 3.68. The van der Waals surface area contributed by atoms with Crippen molar-refractivity contribution in [2.45, 2.75) is 13.8 Å². The summed E-state index contributed by atoms with van der Waals surface area (Å²) in [7, 11) is 5.12. The van der Waals surface area contributed by atoms with Crippen molar-refractivity contribution in [3.8, 4) is 0 Å². The SMILES string of the molecule is [B]C(=C)N=CN=C(C)C. The minimum Gasteiger partial charge on any atom is -0.254 e. The zero-order chi connectivity index (χ0) is 7.28. The van der Waals surface area contributed by atoms with Crippen molar-refractivity contribution < 1.29 is 0 Å². The number of rotatable bonds is 2. The van der Waals surface area contributed by atoms with Gasteiger partial charge in [-0.3, -0.25) is 4.99 Å². The van der Waals surface area contributed by atoms with Gasteiger partial charge in [-0.2, -0.15) is 0 Å². The van der Waals surface area contributed by atoms with Gasteiger partial charge >= 0.3 is 0 Å². The first-order valence-electron chi connectivity index (χ1n) is 2.61. The van der Waals surface area contributed by atoms with Gasteiger partial charge in [0.25, 0.3) is 0 Å². The van der Waals surface area contributed by atoms with Crippen LogP contribution in [0.25, 0.3) is 0 Å². The molecule has 0 spiro atoms. The van der Waals surface area contributed by atoms with E-state index in [-0.39, 0.29) is 5.60 Å². The highest BCUT2D eigenvalue weighted by Crippen LogP contribution is 1.80.